The van der Waals surface area contributed by atoms with Crippen LogP contribution in [-0.4, -0.2) is 9.91 Å². The Morgan fingerprint density at radius 1 is 1.29 bits per heavy atom. The van der Waals surface area contributed by atoms with Crippen LogP contribution in [0.5, 0.6) is 11.5 Å². The molecule has 2 aromatic heterocycles. The standard InChI is InChI=1S/C13H6FIN2O3S/c14-8-5-7(17(18)19)1-2-10(8)20-11-3-4-16-9-6-12(15)21-13(9)11/h1-6H. The Morgan fingerprint density at radius 2 is 2.10 bits per heavy atom. The van der Waals surface area contributed by atoms with Crippen molar-refractivity contribution in [2.75, 3.05) is 0 Å². The molecule has 0 aliphatic rings. The molecule has 0 fully saturated rings. The van der Waals surface area contributed by atoms with E-state index in [1.807, 2.05) is 6.07 Å². The highest BCUT2D eigenvalue weighted by Gasteiger charge is 2.14. The van der Waals surface area contributed by atoms with Gasteiger partial charge in [-0.2, -0.15) is 0 Å². The van der Waals surface area contributed by atoms with E-state index >= 15 is 0 Å². The van der Waals surface area contributed by atoms with Gasteiger partial charge in [0, 0.05) is 18.3 Å². The van der Waals surface area contributed by atoms with Crippen molar-refractivity contribution in [3.05, 3.63) is 55.3 Å². The number of non-ortho nitro benzene ring substituents is 1. The second-order valence-electron chi connectivity index (χ2n) is 4.05. The van der Waals surface area contributed by atoms with Gasteiger partial charge in [0.15, 0.2) is 11.6 Å². The lowest BCUT2D eigenvalue weighted by molar-refractivity contribution is -0.385. The average molecular weight is 416 g/mol. The van der Waals surface area contributed by atoms with E-state index in [-0.39, 0.29) is 11.4 Å². The van der Waals surface area contributed by atoms with Gasteiger partial charge in [-0.05, 0) is 34.7 Å². The van der Waals surface area contributed by atoms with Gasteiger partial charge in [0.2, 0.25) is 0 Å². The Kier molecular flexibility index (Phi) is 3.72. The lowest BCUT2D eigenvalue weighted by Crippen LogP contribution is -1.92. The first kappa shape index (κ1) is 14.1. The lowest BCUT2D eigenvalue weighted by Gasteiger charge is -2.07. The molecule has 0 saturated heterocycles. The highest BCUT2D eigenvalue weighted by Crippen LogP contribution is 2.36. The van der Waals surface area contributed by atoms with Crippen LogP contribution in [0.2, 0.25) is 0 Å². The van der Waals surface area contributed by atoms with Gasteiger partial charge in [0.25, 0.3) is 5.69 Å². The average Bonchev–Trinajstić information content (AvgIpc) is 2.82. The number of aromatic nitrogens is 1. The van der Waals surface area contributed by atoms with E-state index in [1.165, 1.54) is 23.5 Å². The number of thiophene rings is 1. The Labute approximate surface area is 135 Å². The molecular formula is C13H6FIN2O3S. The molecule has 3 rings (SSSR count). The second-order valence-corrected chi connectivity index (χ2v) is 6.99. The lowest BCUT2D eigenvalue weighted by atomic mass is 10.3. The van der Waals surface area contributed by atoms with Gasteiger partial charge in [0.1, 0.15) is 5.75 Å². The van der Waals surface area contributed by atoms with E-state index in [1.54, 1.807) is 12.3 Å². The molecule has 106 valence electrons. The highest BCUT2D eigenvalue weighted by molar-refractivity contribution is 14.1. The topological polar surface area (TPSA) is 65.3 Å². The minimum atomic E-state index is -0.777. The van der Waals surface area contributed by atoms with Crippen molar-refractivity contribution in [2.45, 2.75) is 0 Å². The van der Waals surface area contributed by atoms with Crippen LogP contribution in [0.15, 0.2) is 36.5 Å². The molecule has 0 aliphatic heterocycles. The first-order valence-electron chi connectivity index (χ1n) is 5.70. The van der Waals surface area contributed by atoms with Crippen LogP contribution in [0.25, 0.3) is 10.2 Å². The molecule has 0 unspecified atom stereocenters. The van der Waals surface area contributed by atoms with E-state index in [2.05, 4.69) is 27.6 Å². The van der Waals surface area contributed by atoms with Crippen molar-refractivity contribution in [1.29, 1.82) is 0 Å². The number of ether oxygens (including phenoxy) is 1. The van der Waals surface area contributed by atoms with Crippen LogP contribution in [0, 0.1) is 18.8 Å². The number of nitrogens with zero attached hydrogens (tertiary/aromatic N) is 2. The maximum atomic E-state index is 13.9. The first-order valence-corrected chi connectivity index (χ1v) is 7.60. The van der Waals surface area contributed by atoms with E-state index in [0.717, 1.165) is 19.2 Å². The zero-order valence-corrected chi connectivity index (χ0v) is 13.2. The normalized spacial score (nSPS) is 10.8. The van der Waals surface area contributed by atoms with E-state index in [0.29, 0.717) is 5.75 Å². The number of halogens is 2. The number of hydrogen-bond acceptors (Lipinski definition) is 5. The number of hydrogen-bond donors (Lipinski definition) is 0. The third-order valence-corrected chi connectivity index (χ3v) is 4.59. The number of nitro groups is 1. The largest absolute Gasteiger partial charge is 0.453 e. The minimum Gasteiger partial charge on any atom is -0.453 e. The summed E-state index contributed by atoms with van der Waals surface area (Å²) in [6.07, 6.45) is 1.57. The zero-order chi connectivity index (χ0) is 15.0. The number of pyridine rings is 1. The summed E-state index contributed by atoms with van der Waals surface area (Å²) in [4.78, 5) is 14.1. The molecule has 0 N–H and O–H groups in total. The quantitative estimate of drug-likeness (QED) is 0.352. The fraction of sp³-hybridized carbons (Fsp3) is 0. The molecule has 3 aromatic rings. The minimum absolute atomic E-state index is 0.0588. The summed E-state index contributed by atoms with van der Waals surface area (Å²) < 4.78 is 21.2. The van der Waals surface area contributed by atoms with Gasteiger partial charge >= 0.3 is 0 Å². The third-order valence-electron chi connectivity index (χ3n) is 2.69. The van der Waals surface area contributed by atoms with Gasteiger partial charge in [0.05, 0.1) is 24.1 Å². The first-order chi connectivity index (χ1) is 10.0. The van der Waals surface area contributed by atoms with Gasteiger partial charge in [-0.25, -0.2) is 4.39 Å². The van der Waals surface area contributed by atoms with Crippen LogP contribution in [0.1, 0.15) is 0 Å². The molecule has 0 atom stereocenters. The number of rotatable bonds is 3. The number of benzene rings is 1. The van der Waals surface area contributed by atoms with Crippen molar-refractivity contribution >= 4 is 49.8 Å². The Morgan fingerprint density at radius 3 is 2.81 bits per heavy atom. The van der Waals surface area contributed by atoms with Crippen molar-refractivity contribution in [2.24, 2.45) is 0 Å². The van der Waals surface area contributed by atoms with Crippen molar-refractivity contribution in [3.8, 4) is 11.5 Å². The third kappa shape index (κ3) is 2.81. The molecule has 0 bridgehead atoms. The molecule has 1 aromatic carbocycles. The monoisotopic (exact) mass is 416 g/mol. The summed E-state index contributed by atoms with van der Waals surface area (Å²) in [7, 11) is 0. The van der Waals surface area contributed by atoms with Crippen LogP contribution in [-0.2, 0) is 0 Å². The van der Waals surface area contributed by atoms with Gasteiger partial charge in [-0.15, -0.1) is 11.3 Å². The SMILES string of the molecule is O=[N+]([O-])c1ccc(Oc2ccnc3cc(I)sc23)c(F)c1. The molecule has 0 spiro atoms. The summed E-state index contributed by atoms with van der Waals surface area (Å²) in [5.41, 5.74) is 0.453. The zero-order valence-electron chi connectivity index (χ0n) is 10.2. The van der Waals surface area contributed by atoms with Gasteiger partial charge < -0.3 is 4.74 Å². The van der Waals surface area contributed by atoms with E-state index in [9.17, 15) is 14.5 Å². The predicted octanol–water partition coefficient (Wildman–Crippen LogP) is 4.74. The molecule has 0 amide bonds. The summed E-state index contributed by atoms with van der Waals surface area (Å²) in [6, 6.07) is 6.83. The summed E-state index contributed by atoms with van der Waals surface area (Å²) >= 11 is 3.65. The number of fused-ring (bicyclic) bond motifs is 1. The summed E-state index contributed by atoms with van der Waals surface area (Å²) in [6.45, 7) is 0. The fourth-order valence-electron chi connectivity index (χ4n) is 1.77. The second kappa shape index (κ2) is 5.53. The molecule has 0 saturated carbocycles. The fourth-order valence-corrected chi connectivity index (χ4v) is 3.52. The molecule has 21 heavy (non-hydrogen) atoms. The molecule has 2 heterocycles. The maximum Gasteiger partial charge on any atom is 0.272 e. The Bertz CT molecular complexity index is 853. The van der Waals surface area contributed by atoms with Crippen molar-refractivity contribution < 1.29 is 14.1 Å². The van der Waals surface area contributed by atoms with E-state index < -0.39 is 10.7 Å². The smallest absolute Gasteiger partial charge is 0.272 e. The Balaban J connectivity index is 2.00. The molecular weight excluding hydrogens is 410 g/mol. The van der Waals surface area contributed by atoms with Crippen LogP contribution in [0.4, 0.5) is 10.1 Å². The number of nitro benzene ring substituents is 1. The predicted molar refractivity (Wildman–Crippen MR) is 85.5 cm³/mol. The van der Waals surface area contributed by atoms with Crippen LogP contribution in [0.3, 0.4) is 0 Å². The van der Waals surface area contributed by atoms with Gasteiger partial charge in [-0.1, -0.05) is 0 Å². The molecule has 0 radical (unpaired) electrons. The summed E-state index contributed by atoms with van der Waals surface area (Å²) in [5, 5.41) is 10.6. The molecule has 5 nitrogen and oxygen atoms in total. The maximum absolute atomic E-state index is 13.9. The van der Waals surface area contributed by atoms with Crippen molar-refractivity contribution in [1.82, 2.24) is 4.98 Å². The highest BCUT2D eigenvalue weighted by atomic mass is 127. The Hall–Kier alpha value is -1.81. The van der Waals surface area contributed by atoms with Gasteiger partial charge in [-0.3, -0.25) is 15.1 Å². The molecule has 8 heteroatoms. The molecule has 0 aliphatic carbocycles. The van der Waals surface area contributed by atoms with Crippen molar-refractivity contribution in [3.63, 3.8) is 0 Å². The van der Waals surface area contributed by atoms with Crippen LogP contribution < -0.4 is 4.74 Å². The summed E-state index contributed by atoms with van der Waals surface area (Å²) in [5.74, 6) is -0.363. The van der Waals surface area contributed by atoms with Crippen LogP contribution >= 0.6 is 33.9 Å². The van der Waals surface area contributed by atoms with E-state index in [4.69, 9.17) is 4.74 Å².